The summed E-state index contributed by atoms with van der Waals surface area (Å²) in [7, 11) is 0. The number of aromatic nitrogens is 5. The van der Waals surface area contributed by atoms with Gasteiger partial charge in [-0.3, -0.25) is 0 Å². The predicted molar refractivity (Wildman–Crippen MR) is 104 cm³/mol. The highest BCUT2D eigenvalue weighted by Crippen LogP contribution is 2.31. The molecule has 134 valence electrons. The summed E-state index contributed by atoms with van der Waals surface area (Å²) in [6, 6.07) is 10.5. The minimum absolute atomic E-state index is 0.0869. The Labute approximate surface area is 153 Å². The van der Waals surface area contributed by atoms with Gasteiger partial charge in [0.15, 0.2) is 0 Å². The average molecular weight is 347 g/mol. The van der Waals surface area contributed by atoms with Crippen molar-refractivity contribution < 1.29 is 0 Å². The van der Waals surface area contributed by atoms with Crippen LogP contribution in [0.5, 0.6) is 0 Å². The topological polar surface area (TPSA) is 47.5 Å². The Hall–Kier alpha value is -2.69. The molecule has 0 aliphatic heterocycles. The van der Waals surface area contributed by atoms with E-state index in [9.17, 15) is 0 Å². The molecule has 0 N–H and O–H groups in total. The zero-order chi connectivity index (χ0) is 18.5. The third kappa shape index (κ3) is 2.77. The molecule has 0 aliphatic carbocycles. The summed E-state index contributed by atoms with van der Waals surface area (Å²) in [5.74, 6) is 0. The third-order valence-corrected chi connectivity index (χ3v) is 5.00. The standard InChI is InChI=1S/C21H25N5/c1-20(2,3)16-13-22-26-14-15(9-10-17(16)26)12-21(4,5)19-18-8-6-7-11-25(18)24-23-19/h6-11,13-14H,12H2,1-5H3. The maximum Gasteiger partial charge on any atom is 0.0964 e. The summed E-state index contributed by atoms with van der Waals surface area (Å²) in [5, 5.41) is 13.3. The van der Waals surface area contributed by atoms with Gasteiger partial charge in [-0.2, -0.15) is 5.10 Å². The van der Waals surface area contributed by atoms with Gasteiger partial charge in [0.25, 0.3) is 0 Å². The minimum atomic E-state index is -0.128. The van der Waals surface area contributed by atoms with E-state index in [0.717, 1.165) is 17.6 Å². The van der Waals surface area contributed by atoms with E-state index in [0.29, 0.717) is 0 Å². The summed E-state index contributed by atoms with van der Waals surface area (Å²) in [5.41, 5.74) is 5.73. The Morgan fingerprint density at radius 2 is 1.73 bits per heavy atom. The molecular formula is C21H25N5. The largest absolute Gasteiger partial charge is 0.240 e. The van der Waals surface area contributed by atoms with Gasteiger partial charge in [-0.05, 0) is 35.6 Å². The van der Waals surface area contributed by atoms with Crippen molar-refractivity contribution in [3.63, 3.8) is 0 Å². The summed E-state index contributed by atoms with van der Waals surface area (Å²) >= 11 is 0. The normalized spacial score (nSPS) is 13.0. The van der Waals surface area contributed by atoms with Gasteiger partial charge in [-0.15, -0.1) is 5.10 Å². The van der Waals surface area contributed by atoms with Crippen LogP contribution in [0.3, 0.4) is 0 Å². The molecule has 0 aliphatic rings. The SMILES string of the molecule is CC(C)(C)c1cnn2cc(CC(C)(C)c3nnn4ccccc34)ccc12. The van der Waals surface area contributed by atoms with E-state index in [1.165, 1.54) is 16.6 Å². The fraction of sp³-hybridized carbons (Fsp3) is 0.381. The van der Waals surface area contributed by atoms with Crippen molar-refractivity contribution in [2.45, 2.75) is 51.9 Å². The first-order valence-electron chi connectivity index (χ1n) is 9.03. The van der Waals surface area contributed by atoms with Gasteiger partial charge < -0.3 is 0 Å². The van der Waals surface area contributed by atoms with Crippen molar-refractivity contribution in [1.82, 2.24) is 24.4 Å². The molecule has 0 bridgehead atoms. The summed E-state index contributed by atoms with van der Waals surface area (Å²) in [6.07, 6.45) is 6.93. The van der Waals surface area contributed by atoms with Crippen molar-refractivity contribution in [1.29, 1.82) is 0 Å². The molecule has 0 unspecified atom stereocenters. The molecule has 0 saturated heterocycles. The molecule has 4 rings (SSSR count). The monoisotopic (exact) mass is 347 g/mol. The van der Waals surface area contributed by atoms with Crippen LogP contribution >= 0.6 is 0 Å². The average Bonchev–Trinajstić information content (AvgIpc) is 3.18. The van der Waals surface area contributed by atoms with Gasteiger partial charge in [0.1, 0.15) is 0 Å². The van der Waals surface area contributed by atoms with Crippen molar-refractivity contribution in [3.05, 3.63) is 65.7 Å². The number of rotatable bonds is 3. The van der Waals surface area contributed by atoms with Gasteiger partial charge in [0.05, 0.1) is 22.9 Å². The highest BCUT2D eigenvalue weighted by atomic mass is 15.4. The van der Waals surface area contributed by atoms with Crippen LogP contribution in [0.4, 0.5) is 0 Å². The highest BCUT2D eigenvalue weighted by molar-refractivity contribution is 5.57. The molecule has 0 saturated carbocycles. The molecule has 0 atom stereocenters. The predicted octanol–water partition coefficient (Wildman–Crippen LogP) is 4.19. The van der Waals surface area contributed by atoms with E-state index >= 15 is 0 Å². The fourth-order valence-corrected chi connectivity index (χ4v) is 3.63. The van der Waals surface area contributed by atoms with Crippen molar-refractivity contribution >= 4 is 11.0 Å². The Morgan fingerprint density at radius 3 is 2.50 bits per heavy atom. The lowest BCUT2D eigenvalue weighted by atomic mass is 9.82. The molecule has 26 heavy (non-hydrogen) atoms. The summed E-state index contributed by atoms with van der Waals surface area (Å²) in [4.78, 5) is 0. The van der Waals surface area contributed by atoms with Gasteiger partial charge in [0, 0.05) is 23.4 Å². The van der Waals surface area contributed by atoms with Crippen LogP contribution in [0.2, 0.25) is 0 Å². The van der Waals surface area contributed by atoms with Gasteiger partial charge in [-0.1, -0.05) is 52.0 Å². The Kier molecular flexibility index (Phi) is 3.65. The first-order valence-corrected chi connectivity index (χ1v) is 9.03. The van der Waals surface area contributed by atoms with Crippen molar-refractivity contribution in [3.8, 4) is 0 Å². The number of nitrogens with zero attached hydrogens (tertiary/aromatic N) is 5. The summed E-state index contributed by atoms with van der Waals surface area (Å²) in [6.45, 7) is 11.1. The first kappa shape index (κ1) is 16.8. The second kappa shape index (κ2) is 5.66. The smallest absolute Gasteiger partial charge is 0.0964 e. The van der Waals surface area contributed by atoms with Crippen LogP contribution in [-0.2, 0) is 17.3 Å². The minimum Gasteiger partial charge on any atom is -0.240 e. The van der Waals surface area contributed by atoms with E-state index in [1.807, 2.05) is 33.6 Å². The number of hydrogen-bond donors (Lipinski definition) is 0. The molecule has 0 radical (unpaired) electrons. The van der Waals surface area contributed by atoms with Crippen LogP contribution in [0.15, 0.2) is 48.9 Å². The van der Waals surface area contributed by atoms with Crippen LogP contribution < -0.4 is 0 Å². The lowest BCUT2D eigenvalue weighted by Crippen LogP contribution is -2.22. The molecule has 5 heteroatoms. The second-order valence-corrected chi connectivity index (χ2v) is 8.70. The summed E-state index contributed by atoms with van der Waals surface area (Å²) < 4.78 is 3.83. The Morgan fingerprint density at radius 1 is 0.923 bits per heavy atom. The van der Waals surface area contributed by atoms with E-state index in [-0.39, 0.29) is 10.8 Å². The molecule has 4 aromatic rings. The third-order valence-electron chi connectivity index (χ3n) is 5.00. The van der Waals surface area contributed by atoms with Crippen molar-refractivity contribution in [2.75, 3.05) is 0 Å². The maximum atomic E-state index is 4.57. The van der Waals surface area contributed by atoms with Gasteiger partial charge in [0.2, 0.25) is 0 Å². The fourth-order valence-electron chi connectivity index (χ4n) is 3.63. The van der Waals surface area contributed by atoms with Gasteiger partial charge in [-0.25, -0.2) is 9.03 Å². The van der Waals surface area contributed by atoms with E-state index < -0.39 is 0 Å². The van der Waals surface area contributed by atoms with E-state index in [2.05, 4.69) is 74.4 Å². The molecule has 0 amide bonds. The van der Waals surface area contributed by atoms with Crippen LogP contribution in [0.25, 0.3) is 11.0 Å². The first-order chi connectivity index (χ1) is 12.3. The van der Waals surface area contributed by atoms with Crippen LogP contribution in [0.1, 0.15) is 51.4 Å². The zero-order valence-electron chi connectivity index (χ0n) is 16.1. The zero-order valence-corrected chi connectivity index (χ0v) is 16.1. The van der Waals surface area contributed by atoms with E-state index in [1.54, 1.807) is 0 Å². The molecule has 4 aromatic heterocycles. The second-order valence-electron chi connectivity index (χ2n) is 8.70. The molecule has 0 fully saturated rings. The molecule has 0 aromatic carbocycles. The molecule has 4 heterocycles. The lowest BCUT2D eigenvalue weighted by Gasteiger charge is -2.22. The Bertz CT molecular complexity index is 1080. The number of hydrogen-bond acceptors (Lipinski definition) is 3. The molecule has 0 spiro atoms. The maximum absolute atomic E-state index is 4.57. The quantitative estimate of drug-likeness (QED) is 0.558. The van der Waals surface area contributed by atoms with E-state index in [4.69, 9.17) is 0 Å². The number of pyridine rings is 2. The van der Waals surface area contributed by atoms with Crippen LogP contribution in [-0.4, -0.2) is 24.4 Å². The Balaban J connectivity index is 1.70. The lowest BCUT2D eigenvalue weighted by molar-refractivity contribution is 0.506. The molecule has 5 nitrogen and oxygen atoms in total. The number of fused-ring (bicyclic) bond motifs is 2. The highest BCUT2D eigenvalue weighted by Gasteiger charge is 2.27. The van der Waals surface area contributed by atoms with Crippen molar-refractivity contribution in [2.24, 2.45) is 0 Å². The van der Waals surface area contributed by atoms with Crippen LogP contribution in [0, 0.1) is 0 Å². The van der Waals surface area contributed by atoms with Gasteiger partial charge >= 0.3 is 0 Å². The molecular weight excluding hydrogens is 322 g/mol.